The van der Waals surface area contributed by atoms with Gasteiger partial charge in [0.2, 0.25) is 17.7 Å². The summed E-state index contributed by atoms with van der Waals surface area (Å²) in [5.41, 5.74) is 1.28. The monoisotopic (exact) mass is 523 g/mol. The average molecular weight is 524 g/mol. The number of ether oxygens (including phenoxy) is 2. The van der Waals surface area contributed by atoms with Gasteiger partial charge in [-0.2, -0.15) is 0 Å². The van der Waals surface area contributed by atoms with Crippen LogP contribution in [0.2, 0.25) is 0 Å². The molecular weight excluding hydrogens is 490 g/mol. The lowest BCUT2D eigenvalue weighted by molar-refractivity contribution is -0.145. The first-order valence-corrected chi connectivity index (χ1v) is 12.3. The van der Waals surface area contributed by atoms with Crippen molar-refractivity contribution in [3.8, 4) is 0 Å². The molecule has 0 aliphatic carbocycles. The van der Waals surface area contributed by atoms with E-state index in [0.717, 1.165) is 5.56 Å². The quantitative estimate of drug-likeness (QED) is 0.423. The van der Waals surface area contributed by atoms with Crippen LogP contribution in [0.25, 0.3) is 0 Å². The number of methoxy groups -OCH3 is 1. The largest absolute Gasteiger partial charge is 0.467 e. The molecule has 0 spiro atoms. The highest BCUT2D eigenvalue weighted by Gasteiger charge is 2.35. The van der Waals surface area contributed by atoms with E-state index in [9.17, 15) is 24.0 Å². The van der Waals surface area contributed by atoms with Crippen molar-refractivity contribution in [3.05, 3.63) is 71.3 Å². The molecule has 3 N–H and O–H groups in total. The summed E-state index contributed by atoms with van der Waals surface area (Å²) < 4.78 is 10.2. The molecule has 0 radical (unpaired) electrons. The third-order valence-electron chi connectivity index (χ3n) is 5.79. The van der Waals surface area contributed by atoms with Gasteiger partial charge in [0, 0.05) is 12.8 Å². The molecule has 1 heterocycles. The number of piperazine rings is 1. The molecule has 1 saturated heterocycles. The molecular formula is C28H33N3O7. The highest BCUT2D eigenvalue weighted by atomic mass is 16.6. The number of carbonyl (C=O) groups excluding carboxylic acids is 5. The molecule has 1 fully saturated rings. The Labute approximate surface area is 221 Å². The summed E-state index contributed by atoms with van der Waals surface area (Å²) in [7, 11) is 1.20. The van der Waals surface area contributed by atoms with E-state index in [-0.39, 0.29) is 18.7 Å². The van der Waals surface area contributed by atoms with E-state index >= 15 is 0 Å². The molecule has 1 aliphatic heterocycles. The van der Waals surface area contributed by atoms with Crippen molar-refractivity contribution >= 4 is 29.7 Å². The highest BCUT2D eigenvalue weighted by molar-refractivity contribution is 5.99. The lowest BCUT2D eigenvalue weighted by Gasteiger charge is -2.29. The first-order valence-electron chi connectivity index (χ1n) is 12.3. The minimum Gasteiger partial charge on any atom is -0.467 e. The Morgan fingerprint density at radius 2 is 1.50 bits per heavy atom. The second kappa shape index (κ2) is 12.4. The molecule has 2 aromatic rings. The molecule has 1 aliphatic rings. The second-order valence-electron chi connectivity index (χ2n) is 10.1. The van der Waals surface area contributed by atoms with Crippen molar-refractivity contribution in [2.75, 3.05) is 7.11 Å². The van der Waals surface area contributed by atoms with E-state index in [2.05, 4.69) is 16.0 Å². The Morgan fingerprint density at radius 3 is 2.11 bits per heavy atom. The zero-order chi connectivity index (χ0) is 27.9. The van der Waals surface area contributed by atoms with Crippen LogP contribution in [0.4, 0.5) is 0 Å². The van der Waals surface area contributed by atoms with Crippen LogP contribution in [-0.2, 0) is 41.5 Å². The third kappa shape index (κ3) is 8.16. The summed E-state index contributed by atoms with van der Waals surface area (Å²) in [6, 6.07) is 12.9. The smallest absolute Gasteiger partial charge is 0.338 e. The van der Waals surface area contributed by atoms with Gasteiger partial charge < -0.3 is 25.4 Å². The van der Waals surface area contributed by atoms with Gasteiger partial charge in [-0.15, -0.1) is 0 Å². The van der Waals surface area contributed by atoms with E-state index in [0.29, 0.717) is 17.5 Å². The Balaban J connectivity index is 1.58. The minimum atomic E-state index is -1.07. The fourth-order valence-electron chi connectivity index (χ4n) is 3.94. The van der Waals surface area contributed by atoms with Gasteiger partial charge >= 0.3 is 11.9 Å². The van der Waals surface area contributed by atoms with Crippen LogP contribution in [0.5, 0.6) is 0 Å². The Hall–Kier alpha value is -4.21. The van der Waals surface area contributed by atoms with Crippen LogP contribution in [0, 0.1) is 0 Å². The average Bonchev–Trinajstić information content (AvgIpc) is 2.86. The van der Waals surface area contributed by atoms with Crippen molar-refractivity contribution in [2.45, 2.75) is 63.8 Å². The number of carbonyl (C=O) groups is 5. The lowest BCUT2D eigenvalue weighted by Crippen LogP contribution is -2.63. The fraction of sp³-hybridized carbons (Fsp3) is 0.393. The number of hydrogen-bond donors (Lipinski definition) is 3. The number of hydrogen-bond acceptors (Lipinski definition) is 7. The highest BCUT2D eigenvalue weighted by Crippen LogP contribution is 2.14. The van der Waals surface area contributed by atoms with Crippen LogP contribution in [0.3, 0.4) is 0 Å². The van der Waals surface area contributed by atoms with Crippen LogP contribution in [0.15, 0.2) is 54.6 Å². The van der Waals surface area contributed by atoms with Gasteiger partial charge in [-0.1, -0.05) is 42.5 Å². The van der Waals surface area contributed by atoms with Gasteiger partial charge in [0.1, 0.15) is 23.7 Å². The number of amides is 3. The molecule has 10 nitrogen and oxygen atoms in total. The van der Waals surface area contributed by atoms with Crippen molar-refractivity contribution < 1.29 is 33.4 Å². The number of benzene rings is 2. The number of esters is 2. The van der Waals surface area contributed by atoms with Crippen molar-refractivity contribution in [1.29, 1.82) is 0 Å². The van der Waals surface area contributed by atoms with E-state index in [4.69, 9.17) is 9.47 Å². The van der Waals surface area contributed by atoms with Crippen molar-refractivity contribution in [2.24, 2.45) is 0 Å². The molecule has 0 bridgehead atoms. The maximum Gasteiger partial charge on any atom is 0.338 e. The third-order valence-corrected chi connectivity index (χ3v) is 5.79. The molecule has 10 heteroatoms. The van der Waals surface area contributed by atoms with Crippen molar-refractivity contribution in [1.82, 2.24) is 16.0 Å². The zero-order valence-corrected chi connectivity index (χ0v) is 21.9. The predicted molar refractivity (Wildman–Crippen MR) is 138 cm³/mol. The van der Waals surface area contributed by atoms with E-state index in [1.54, 1.807) is 45.0 Å². The topological polar surface area (TPSA) is 140 Å². The van der Waals surface area contributed by atoms with Crippen LogP contribution in [-0.4, -0.2) is 60.5 Å². The van der Waals surface area contributed by atoms with Crippen LogP contribution in [0.1, 0.15) is 48.7 Å². The standard InChI is InChI=1S/C28H33N3O7/c1-28(2,3)38-26(35)19-12-10-18(11-13-19)15-22(27(36)37-4)29-23(32)16-21-25(34)30-20(24(33)31-21)14-17-8-6-5-7-9-17/h5-13,20-22H,14-16H2,1-4H3,(H,29,32)(H,30,34)(H,31,33)/t20-,21-,22-/m0/s1. The Morgan fingerprint density at radius 1 is 0.895 bits per heavy atom. The van der Waals surface area contributed by atoms with E-state index < -0.39 is 47.5 Å². The minimum absolute atomic E-state index is 0.0926. The molecule has 3 atom stereocenters. The van der Waals surface area contributed by atoms with Crippen LogP contribution < -0.4 is 16.0 Å². The molecule has 202 valence electrons. The maximum atomic E-state index is 12.7. The Kier molecular flexibility index (Phi) is 9.22. The summed E-state index contributed by atoms with van der Waals surface area (Å²) in [5, 5.41) is 7.84. The molecule has 38 heavy (non-hydrogen) atoms. The second-order valence-corrected chi connectivity index (χ2v) is 10.1. The summed E-state index contributed by atoms with van der Waals surface area (Å²) in [6.07, 6.45) is 0.0740. The summed E-state index contributed by atoms with van der Waals surface area (Å²) in [4.78, 5) is 62.4. The van der Waals surface area contributed by atoms with Gasteiger partial charge in [0.15, 0.2) is 0 Å². The predicted octanol–water partition coefficient (Wildman–Crippen LogP) is 1.46. The zero-order valence-electron chi connectivity index (χ0n) is 21.9. The Bertz CT molecular complexity index is 1170. The molecule has 3 rings (SSSR count). The van der Waals surface area contributed by atoms with Gasteiger partial charge in [-0.3, -0.25) is 14.4 Å². The molecule has 0 saturated carbocycles. The fourth-order valence-corrected chi connectivity index (χ4v) is 3.94. The van der Waals surface area contributed by atoms with Gasteiger partial charge in [-0.25, -0.2) is 9.59 Å². The lowest BCUT2D eigenvalue weighted by atomic mass is 10.0. The van der Waals surface area contributed by atoms with Gasteiger partial charge in [-0.05, 0) is 44.0 Å². The molecule has 2 aromatic carbocycles. The normalized spacial score (nSPS) is 18.0. The summed E-state index contributed by atoms with van der Waals surface area (Å²) in [5.74, 6) is -2.61. The summed E-state index contributed by atoms with van der Waals surface area (Å²) >= 11 is 0. The van der Waals surface area contributed by atoms with Gasteiger partial charge in [0.25, 0.3) is 0 Å². The molecule has 0 aromatic heterocycles. The number of nitrogens with one attached hydrogen (secondary N) is 3. The summed E-state index contributed by atoms with van der Waals surface area (Å²) in [6.45, 7) is 5.32. The van der Waals surface area contributed by atoms with E-state index in [1.807, 2.05) is 30.3 Å². The number of rotatable bonds is 9. The molecule has 0 unspecified atom stereocenters. The SMILES string of the molecule is COC(=O)[C@H](Cc1ccc(C(=O)OC(C)(C)C)cc1)NC(=O)C[C@@H]1NC(=O)[C@H](Cc2ccccc2)NC1=O. The first kappa shape index (κ1) is 28.4. The maximum absolute atomic E-state index is 12.7. The van der Waals surface area contributed by atoms with Crippen molar-refractivity contribution in [3.63, 3.8) is 0 Å². The molecule has 3 amide bonds. The first-order chi connectivity index (χ1) is 17.9. The van der Waals surface area contributed by atoms with E-state index in [1.165, 1.54) is 7.11 Å². The van der Waals surface area contributed by atoms with Crippen LogP contribution >= 0.6 is 0 Å². The van der Waals surface area contributed by atoms with Gasteiger partial charge in [0.05, 0.1) is 19.1 Å².